The van der Waals surface area contributed by atoms with Gasteiger partial charge in [0.1, 0.15) is 11.6 Å². The molecule has 0 bridgehead atoms. The second-order valence-electron chi connectivity index (χ2n) is 42.2. The number of nitrogens with zero attached hydrogens (tertiary/aromatic N) is 10. The van der Waals surface area contributed by atoms with Gasteiger partial charge in [0.25, 0.3) is 0 Å². The molecule has 1 aliphatic rings. The lowest BCUT2D eigenvalue weighted by atomic mass is 9.73. The van der Waals surface area contributed by atoms with Gasteiger partial charge in [-0.25, -0.2) is 19.9 Å². The summed E-state index contributed by atoms with van der Waals surface area (Å²) in [6.45, 7) is 96.7. The van der Waals surface area contributed by atoms with Crippen molar-refractivity contribution < 1.29 is 0 Å². The molecular formula is C116H188N10S3. The van der Waals surface area contributed by atoms with Gasteiger partial charge in [0.15, 0.2) is 0 Å². The first kappa shape index (κ1) is 120. The zero-order valence-corrected chi connectivity index (χ0v) is 92.7. The number of rotatable bonds is 22. The Bertz CT molecular complexity index is 3470. The van der Waals surface area contributed by atoms with Gasteiger partial charge < -0.3 is 0 Å². The van der Waals surface area contributed by atoms with Crippen molar-refractivity contribution in [2.45, 2.75) is 449 Å². The molecule has 0 radical (unpaired) electrons. The molecule has 1 fully saturated rings. The van der Waals surface area contributed by atoms with Crippen LogP contribution in [0.4, 0.5) is 0 Å². The Morgan fingerprint density at radius 1 is 0.186 bits per heavy atom. The van der Waals surface area contributed by atoms with Crippen LogP contribution >= 0.6 is 34.0 Å². The number of aromatic nitrogens is 10. The van der Waals surface area contributed by atoms with Crippen LogP contribution in [-0.4, -0.2) is 49.8 Å². The molecule has 129 heavy (non-hydrogen) atoms. The van der Waals surface area contributed by atoms with Gasteiger partial charge >= 0.3 is 0 Å². The van der Waals surface area contributed by atoms with Crippen LogP contribution in [0, 0.1) is 23.7 Å². The Balaban J connectivity index is 0.000000710. The summed E-state index contributed by atoms with van der Waals surface area (Å²) in [6, 6.07) is 26.7. The van der Waals surface area contributed by atoms with Crippen molar-refractivity contribution in [3.05, 3.63) is 255 Å². The van der Waals surface area contributed by atoms with Crippen molar-refractivity contribution in [3.8, 4) is 0 Å². The topological polar surface area (TPSA) is 129 Å². The van der Waals surface area contributed by atoms with Crippen molar-refractivity contribution in [2.24, 2.45) is 23.7 Å². The summed E-state index contributed by atoms with van der Waals surface area (Å²) in [5, 5.41) is 4.56. The molecule has 9 aromatic heterocycles. The Morgan fingerprint density at radius 3 is 0.543 bits per heavy atom. The van der Waals surface area contributed by atoms with Gasteiger partial charge in [0.2, 0.25) is 0 Å². The normalized spacial score (nSPS) is 13.1. The largest absolute Gasteiger partial charge is 0.261 e. The predicted octanol–water partition coefficient (Wildman–Crippen LogP) is 37.6. The summed E-state index contributed by atoms with van der Waals surface area (Å²) >= 11 is 5.72. The molecule has 0 spiro atoms. The quantitative estimate of drug-likeness (QED) is 0.0647. The lowest BCUT2D eigenvalue weighted by molar-refractivity contribution is 0.189. The molecule has 0 unspecified atom stereocenters. The van der Waals surface area contributed by atoms with Gasteiger partial charge in [-0.1, -0.05) is 341 Å². The van der Waals surface area contributed by atoms with Crippen molar-refractivity contribution in [1.82, 2.24) is 49.8 Å². The highest BCUT2D eigenvalue weighted by Gasteiger charge is 2.25. The summed E-state index contributed by atoms with van der Waals surface area (Å²) in [7, 11) is 0. The molecular weight excluding hydrogens is 1630 g/mol. The third kappa shape index (κ3) is 48.4. The second-order valence-corrected chi connectivity index (χ2v) is 45.3. The second kappa shape index (κ2) is 63.2. The molecule has 13 heteroatoms. The van der Waals surface area contributed by atoms with E-state index >= 15 is 0 Å². The number of hydrogen-bond acceptors (Lipinski definition) is 13. The van der Waals surface area contributed by atoms with Gasteiger partial charge in [-0.05, 0) is 248 Å². The first-order valence-corrected chi connectivity index (χ1v) is 52.3. The lowest BCUT2D eigenvalue weighted by Gasteiger charge is -2.32. The Morgan fingerprint density at radius 2 is 0.395 bits per heavy atom. The van der Waals surface area contributed by atoms with Crippen molar-refractivity contribution in [1.29, 1.82) is 0 Å². The molecule has 1 saturated carbocycles. The molecule has 1 aromatic carbocycles. The van der Waals surface area contributed by atoms with Crippen LogP contribution in [0.3, 0.4) is 0 Å². The van der Waals surface area contributed by atoms with E-state index in [0.717, 1.165) is 58.1 Å². The molecule has 9 heterocycles. The summed E-state index contributed by atoms with van der Waals surface area (Å²) in [4.78, 5) is 49.3. The van der Waals surface area contributed by atoms with Crippen LogP contribution in [-0.2, 0) is 0 Å². The van der Waals surface area contributed by atoms with Crippen molar-refractivity contribution >= 4 is 34.0 Å². The van der Waals surface area contributed by atoms with Crippen molar-refractivity contribution in [3.63, 3.8) is 0 Å². The molecule has 10 nitrogen and oxygen atoms in total. The Kier molecular flexibility index (Phi) is 58.7. The van der Waals surface area contributed by atoms with Crippen LogP contribution < -0.4 is 0 Å². The smallest absolute Gasteiger partial charge is 0.130 e. The average molecular weight is 1820 g/mol. The van der Waals surface area contributed by atoms with Gasteiger partial charge in [-0.2, -0.15) is 0 Å². The highest BCUT2D eigenvalue weighted by Crippen LogP contribution is 2.37. The van der Waals surface area contributed by atoms with Crippen LogP contribution in [0.25, 0.3) is 0 Å². The zero-order valence-electron chi connectivity index (χ0n) is 90.2. The highest BCUT2D eigenvalue weighted by atomic mass is 32.1. The first-order chi connectivity index (χ1) is 60.2. The maximum atomic E-state index is 4.40. The van der Waals surface area contributed by atoms with Gasteiger partial charge in [-0.15, -0.1) is 34.0 Å². The SMILES string of the molecule is CC(C)C1CCC(C(C)C)CC1.CC(C)c1ccc(C(C)C)cc1.CC(C)c1ccc(C(C)C)nc1.CC(C)c1ccc(C(C)C)nc1.CC(C)c1ccc(C(C)C)s1.CC(C)c1cnc(C(C)C)cn1.CC(C)c1cnc(C(C)C)cn1.CC(C)c1cnc(C(C)C)nc1.CC(C)c1cnc(C(C)C)nc1.CC(C)c1csc(C(C)C)c1.CC(C)c1csc(C(C)C)c1. The molecule has 1 aliphatic carbocycles. The third-order valence-corrected chi connectivity index (χ3v) is 27.3. The third-order valence-electron chi connectivity index (χ3n) is 23.1. The van der Waals surface area contributed by atoms with Crippen LogP contribution in [0.2, 0.25) is 0 Å². The van der Waals surface area contributed by atoms with Gasteiger partial charge in [-0.3, -0.25) is 29.9 Å². The monoisotopic (exact) mass is 1820 g/mol. The minimum absolute atomic E-state index is 0.422. The van der Waals surface area contributed by atoms with E-state index in [9.17, 15) is 0 Å². The van der Waals surface area contributed by atoms with E-state index in [0.29, 0.717) is 118 Å². The minimum Gasteiger partial charge on any atom is -0.261 e. The van der Waals surface area contributed by atoms with Crippen LogP contribution in [0.5, 0.6) is 0 Å². The molecule has 0 N–H and O–H groups in total. The summed E-state index contributed by atoms with van der Waals surface area (Å²) < 4.78 is 0. The lowest BCUT2D eigenvalue weighted by Crippen LogP contribution is -2.21. The molecule has 0 amide bonds. The van der Waals surface area contributed by atoms with Crippen LogP contribution in [0.15, 0.2) is 146 Å². The fourth-order valence-corrected chi connectivity index (χ4v) is 15.9. The Hall–Kier alpha value is -7.06. The fourth-order valence-electron chi connectivity index (χ4n) is 12.7. The van der Waals surface area contributed by atoms with E-state index in [-0.39, 0.29) is 0 Å². The summed E-state index contributed by atoms with van der Waals surface area (Å²) in [5.41, 5.74) is 17.5. The van der Waals surface area contributed by atoms with E-state index in [2.05, 4.69) is 438 Å². The molecule has 0 aliphatic heterocycles. The van der Waals surface area contributed by atoms with E-state index < -0.39 is 0 Å². The average Bonchev–Trinajstić information content (AvgIpc) is 1.72. The van der Waals surface area contributed by atoms with Gasteiger partial charge in [0.05, 0.1) is 22.8 Å². The van der Waals surface area contributed by atoms with E-state index in [1.54, 1.807) is 0 Å². The maximum Gasteiger partial charge on any atom is 0.130 e. The predicted molar refractivity (Wildman–Crippen MR) is 573 cm³/mol. The van der Waals surface area contributed by atoms with E-state index in [4.69, 9.17) is 0 Å². The standard InChI is InChI=1S/C12H24.C12H18.2C11H17N.4C10H16N2.3C10H16S/c2*1-9(2)11-5-7-12(8-6-11)10(3)4;2*1-8(2)10-5-6-11(9(3)4)12-7-10;2*1-7(2)9-5-12-10(6-11-9)8(3)4;2*1-7(2)9-5-11-10(8(3)4)12-6-9;2*1-7(2)9-5-10(8(3)4)11-6-9;1-7(2)9-5-6-10(11-9)8(3)4/h9-12H,5-8H2,1-4H3;5-10H,1-4H3;2*5-9H,1-4H3;4*5-8H,1-4H3;3*5-8H,1-4H3. The Labute approximate surface area is 805 Å². The fraction of sp³-hybridized carbons (Fsp3) is 0.621. The molecule has 0 atom stereocenters. The highest BCUT2D eigenvalue weighted by molar-refractivity contribution is 7.12. The molecule has 0 saturated heterocycles. The van der Waals surface area contributed by atoms with Crippen LogP contribution in [0.1, 0.15) is 559 Å². The first-order valence-electron chi connectivity index (χ1n) is 49.8. The van der Waals surface area contributed by atoms with E-state index in [1.165, 1.54) is 101 Å². The number of benzene rings is 1. The minimum atomic E-state index is 0.422. The van der Waals surface area contributed by atoms with Crippen molar-refractivity contribution in [2.75, 3.05) is 0 Å². The van der Waals surface area contributed by atoms with Gasteiger partial charge in [0, 0.05) is 105 Å². The zero-order chi connectivity index (χ0) is 98.4. The maximum absolute atomic E-state index is 4.40. The number of hydrogen-bond donors (Lipinski definition) is 0. The number of pyridine rings is 2. The summed E-state index contributed by atoms with van der Waals surface area (Å²) in [5.74, 6) is 17.1. The molecule has 10 aromatic rings. The number of thiophene rings is 3. The van der Waals surface area contributed by atoms with E-state index in [1.807, 2.05) is 96.0 Å². The molecule has 720 valence electrons. The summed E-state index contributed by atoms with van der Waals surface area (Å²) in [6.07, 6.45) is 25.1. The molecule has 11 rings (SSSR count).